The lowest BCUT2D eigenvalue weighted by Gasteiger charge is -2.28. The van der Waals surface area contributed by atoms with Crippen molar-refractivity contribution < 1.29 is 26.4 Å². The number of nitrogens with one attached hydrogen (secondary N) is 1. The minimum atomic E-state index is -4.04. The van der Waals surface area contributed by atoms with E-state index in [0.717, 1.165) is 16.7 Å². The minimum absolute atomic E-state index is 0.0683. The Morgan fingerprint density at radius 2 is 2.03 bits per heavy atom. The highest BCUT2D eigenvalue weighted by Gasteiger charge is 2.57. The number of pyridine rings is 1. The molecule has 2 aromatic rings. The van der Waals surface area contributed by atoms with Gasteiger partial charge >= 0.3 is 0 Å². The first kappa shape index (κ1) is 24.9. The molecule has 1 aliphatic heterocycles. The summed E-state index contributed by atoms with van der Waals surface area (Å²) in [5.74, 6) is -4.92. The molecule has 0 radical (unpaired) electrons. The number of carbonyl (C=O) groups excluding carboxylic acids is 1. The van der Waals surface area contributed by atoms with Crippen LogP contribution in [-0.4, -0.2) is 55.0 Å². The van der Waals surface area contributed by atoms with E-state index in [4.69, 9.17) is 0 Å². The van der Waals surface area contributed by atoms with Gasteiger partial charge in [0.05, 0.1) is 24.5 Å². The quantitative estimate of drug-likeness (QED) is 0.615. The van der Waals surface area contributed by atoms with Crippen LogP contribution in [0.2, 0.25) is 0 Å². The van der Waals surface area contributed by atoms with Crippen LogP contribution in [0.4, 0.5) is 13.2 Å². The molecular formula is C23H26F3N3O3S. The first-order valence-corrected chi connectivity index (χ1v) is 12.3. The molecule has 178 valence electrons. The second-order valence-corrected chi connectivity index (χ2v) is 10.1. The van der Waals surface area contributed by atoms with E-state index in [9.17, 15) is 22.0 Å². The molecule has 2 heterocycles. The summed E-state index contributed by atoms with van der Waals surface area (Å²) in [5.41, 5.74) is 1.61. The summed E-state index contributed by atoms with van der Waals surface area (Å²) in [7, 11) is -4.04. The largest absolute Gasteiger partial charge is 0.328 e. The number of rotatable bonds is 7. The molecule has 33 heavy (non-hydrogen) atoms. The van der Waals surface area contributed by atoms with E-state index in [1.807, 2.05) is 11.6 Å². The van der Waals surface area contributed by atoms with E-state index in [-0.39, 0.29) is 29.5 Å². The number of amides is 1. The topological polar surface area (TPSA) is 79.4 Å². The zero-order valence-corrected chi connectivity index (χ0v) is 19.4. The Morgan fingerprint density at radius 3 is 2.64 bits per heavy atom. The number of hydrogen-bond acceptors (Lipinski definition) is 4. The highest BCUT2D eigenvalue weighted by Crippen LogP contribution is 2.37. The van der Waals surface area contributed by atoms with Crippen molar-refractivity contribution in [1.82, 2.24) is 14.6 Å². The van der Waals surface area contributed by atoms with Crippen LogP contribution in [-0.2, 0) is 21.2 Å². The maximum absolute atomic E-state index is 15.5. The first-order valence-electron chi connectivity index (χ1n) is 10.4. The van der Waals surface area contributed by atoms with E-state index in [0.29, 0.717) is 5.69 Å². The van der Waals surface area contributed by atoms with E-state index in [1.54, 1.807) is 25.1 Å². The van der Waals surface area contributed by atoms with Crippen molar-refractivity contribution in [3.8, 4) is 11.3 Å². The predicted octanol–water partition coefficient (Wildman–Crippen LogP) is 3.47. The van der Waals surface area contributed by atoms with Gasteiger partial charge in [0, 0.05) is 17.3 Å². The normalized spacial score (nSPS) is 20.1. The molecule has 1 aliphatic rings. The number of hydrogen-bond donors (Lipinski definition) is 1. The van der Waals surface area contributed by atoms with Crippen LogP contribution in [0.25, 0.3) is 11.3 Å². The molecule has 1 saturated heterocycles. The third-order valence-electron chi connectivity index (χ3n) is 5.65. The molecule has 1 amide bonds. The van der Waals surface area contributed by atoms with Crippen molar-refractivity contribution in [3.63, 3.8) is 0 Å². The number of nitrogens with zero attached hydrogens (tertiary/aromatic N) is 2. The van der Waals surface area contributed by atoms with E-state index in [1.165, 1.54) is 18.3 Å². The van der Waals surface area contributed by atoms with Crippen molar-refractivity contribution in [2.45, 2.75) is 44.7 Å². The predicted molar refractivity (Wildman–Crippen MR) is 120 cm³/mol. The van der Waals surface area contributed by atoms with Gasteiger partial charge in [0.25, 0.3) is 5.92 Å². The van der Waals surface area contributed by atoms with Gasteiger partial charge in [-0.15, -0.1) is 0 Å². The average Bonchev–Trinajstić information content (AvgIpc) is 2.97. The molecule has 1 fully saturated rings. The minimum Gasteiger partial charge on any atom is -0.328 e. The van der Waals surface area contributed by atoms with Crippen LogP contribution in [0, 0.1) is 12.7 Å². The SMILES string of the molecule is C=C(CC)C(=O)N1CC(F)(F)[C@H](NS(C)(=O)=O)[C@@H]1Cc1cccc(-c2cc(C)ccn2)c1F. The zero-order valence-electron chi connectivity index (χ0n) is 18.6. The maximum atomic E-state index is 15.5. The Morgan fingerprint density at radius 1 is 1.33 bits per heavy atom. The molecule has 0 bridgehead atoms. The van der Waals surface area contributed by atoms with E-state index < -0.39 is 46.3 Å². The standard InChI is InChI=1S/C23H26F3N3O3S/c1-5-15(3)22(30)29-13-23(25,26)21(28-33(4,31)32)19(29)12-16-7-6-8-17(20(16)24)18-11-14(2)9-10-27-18/h6-11,19,21,28H,3,5,12-13H2,1-2,4H3/t19-,21+/m0/s1. The number of likely N-dealkylation sites (tertiary alicyclic amines) is 1. The molecule has 0 spiro atoms. The molecular weight excluding hydrogens is 455 g/mol. The van der Waals surface area contributed by atoms with Crippen molar-refractivity contribution >= 4 is 15.9 Å². The number of sulfonamides is 1. The van der Waals surface area contributed by atoms with Crippen LogP contribution in [0.15, 0.2) is 48.7 Å². The van der Waals surface area contributed by atoms with Gasteiger partial charge in [0.15, 0.2) is 0 Å². The van der Waals surface area contributed by atoms with Gasteiger partial charge in [0.1, 0.15) is 11.9 Å². The summed E-state index contributed by atoms with van der Waals surface area (Å²) >= 11 is 0. The third-order valence-corrected chi connectivity index (χ3v) is 6.33. The highest BCUT2D eigenvalue weighted by atomic mass is 32.2. The Kier molecular flexibility index (Phi) is 6.99. The number of aromatic nitrogens is 1. The number of halogens is 3. The van der Waals surface area contributed by atoms with Gasteiger partial charge < -0.3 is 4.90 Å². The molecule has 6 nitrogen and oxygen atoms in total. The monoisotopic (exact) mass is 481 g/mol. The maximum Gasteiger partial charge on any atom is 0.283 e. The number of aryl methyl sites for hydroxylation is 1. The van der Waals surface area contributed by atoms with Crippen LogP contribution in [0.5, 0.6) is 0 Å². The Labute approximate surface area is 191 Å². The van der Waals surface area contributed by atoms with Crippen molar-refractivity contribution in [1.29, 1.82) is 0 Å². The van der Waals surface area contributed by atoms with E-state index >= 15 is 4.39 Å². The average molecular weight is 482 g/mol. The lowest BCUT2D eigenvalue weighted by atomic mass is 9.96. The van der Waals surface area contributed by atoms with Gasteiger partial charge in [-0.1, -0.05) is 25.6 Å². The fourth-order valence-electron chi connectivity index (χ4n) is 3.95. The molecule has 2 atom stereocenters. The van der Waals surface area contributed by atoms with E-state index in [2.05, 4.69) is 11.6 Å². The molecule has 1 aromatic heterocycles. The summed E-state index contributed by atoms with van der Waals surface area (Å²) < 4.78 is 70.9. The van der Waals surface area contributed by atoms with Gasteiger partial charge in [0.2, 0.25) is 15.9 Å². The first-order chi connectivity index (χ1) is 15.3. The third kappa shape index (κ3) is 5.44. The van der Waals surface area contributed by atoms with Gasteiger partial charge in [-0.2, -0.15) is 0 Å². The second-order valence-electron chi connectivity index (χ2n) is 8.29. The van der Waals surface area contributed by atoms with Crippen LogP contribution >= 0.6 is 0 Å². The number of carbonyl (C=O) groups is 1. The van der Waals surface area contributed by atoms with Crippen LogP contribution in [0.1, 0.15) is 24.5 Å². The Balaban J connectivity index is 2.05. The Bertz CT molecular complexity index is 1180. The molecule has 1 N–H and O–H groups in total. The smallest absolute Gasteiger partial charge is 0.283 e. The fourth-order valence-corrected chi connectivity index (χ4v) is 4.74. The summed E-state index contributed by atoms with van der Waals surface area (Å²) in [5, 5.41) is 0. The fraction of sp³-hybridized carbons (Fsp3) is 0.391. The number of benzene rings is 1. The number of alkyl halides is 2. The lowest BCUT2D eigenvalue weighted by molar-refractivity contribution is -0.129. The molecule has 0 unspecified atom stereocenters. The summed E-state index contributed by atoms with van der Waals surface area (Å²) in [6.45, 7) is 6.13. The molecule has 0 saturated carbocycles. The summed E-state index contributed by atoms with van der Waals surface area (Å²) in [4.78, 5) is 17.9. The Hall–Kier alpha value is -2.72. The highest BCUT2D eigenvalue weighted by molar-refractivity contribution is 7.88. The van der Waals surface area contributed by atoms with Gasteiger partial charge in [-0.3, -0.25) is 9.78 Å². The van der Waals surface area contributed by atoms with Crippen LogP contribution in [0.3, 0.4) is 0 Å². The summed E-state index contributed by atoms with van der Waals surface area (Å²) in [6.07, 6.45) is 2.22. The molecule has 10 heteroatoms. The lowest BCUT2D eigenvalue weighted by Crippen LogP contribution is -2.52. The molecule has 1 aromatic carbocycles. The van der Waals surface area contributed by atoms with Crippen molar-refractivity contribution in [2.75, 3.05) is 12.8 Å². The zero-order chi connectivity index (χ0) is 24.6. The van der Waals surface area contributed by atoms with Crippen molar-refractivity contribution in [3.05, 3.63) is 65.6 Å². The van der Waals surface area contributed by atoms with Gasteiger partial charge in [-0.05, 0) is 49.1 Å². The van der Waals surface area contributed by atoms with Crippen LogP contribution < -0.4 is 4.72 Å². The second kappa shape index (κ2) is 9.26. The van der Waals surface area contributed by atoms with Gasteiger partial charge in [-0.25, -0.2) is 26.3 Å². The molecule has 3 rings (SSSR count). The molecule has 0 aliphatic carbocycles. The summed E-state index contributed by atoms with van der Waals surface area (Å²) in [6, 6.07) is 4.75. The van der Waals surface area contributed by atoms with Crippen molar-refractivity contribution in [2.24, 2.45) is 0 Å².